The average molecular weight is 547 g/mol. The number of hydrogen-bond donors (Lipinski definition) is 2. The molecule has 2 aliphatic heterocycles. The quantitative estimate of drug-likeness (QED) is 0.258. The molecule has 8 heteroatoms. The summed E-state index contributed by atoms with van der Waals surface area (Å²) in [5, 5.41) is 31.0. The zero-order chi connectivity index (χ0) is 27.0. The topological polar surface area (TPSA) is 103 Å². The number of rotatable bonds is 13. The second-order valence-electron chi connectivity index (χ2n) is 11.6. The molecule has 212 valence electrons. The van der Waals surface area contributed by atoms with E-state index < -0.39 is 6.10 Å². The van der Waals surface area contributed by atoms with E-state index >= 15 is 0 Å². The van der Waals surface area contributed by atoms with Crippen LogP contribution in [0.3, 0.4) is 0 Å². The normalized spacial score (nSPS) is 32.1. The van der Waals surface area contributed by atoms with E-state index in [0.717, 1.165) is 71.4 Å². The van der Waals surface area contributed by atoms with Crippen molar-refractivity contribution in [1.29, 1.82) is 5.26 Å². The summed E-state index contributed by atoms with van der Waals surface area (Å²) in [6.45, 7) is 6.62. The van der Waals surface area contributed by atoms with E-state index in [2.05, 4.69) is 30.0 Å². The SMILES string of the molecule is CCC1(C(O)C/C=C/C2[C@@H](CCCC3=CCC(C(=O)OCCN4CCOCC4)S3)C(C#N)C[C@H]2O)CCC1. The lowest BCUT2D eigenvalue weighted by atomic mass is 9.63. The minimum atomic E-state index is -0.501. The summed E-state index contributed by atoms with van der Waals surface area (Å²) in [6, 6.07) is 2.43. The van der Waals surface area contributed by atoms with Crippen LogP contribution in [0.1, 0.15) is 71.1 Å². The van der Waals surface area contributed by atoms with Crippen molar-refractivity contribution in [3.63, 3.8) is 0 Å². The molecule has 3 fully saturated rings. The van der Waals surface area contributed by atoms with Crippen molar-refractivity contribution >= 4 is 17.7 Å². The van der Waals surface area contributed by atoms with E-state index in [0.29, 0.717) is 25.9 Å². The van der Waals surface area contributed by atoms with Gasteiger partial charge in [-0.1, -0.05) is 31.6 Å². The number of hydrogen-bond acceptors (Lipinski definition) is 8. The first-order valence-corrected chi connectivity index (χ1v) is 15.6. The van der Waals surface area contributed by atoms with Gasteiger partial charge in [-0.2, -0.15) is 5.26 Å². The molecule has 38 heavy (non-hydrogen) atoms. The second kappa shape index (κ2) is 14.3. The molecule has 0 radical (unpaired) electrons. The van der Waals surface area contributed by atoms with Crippen LogP contribution in [0.5, 0.6) is 0 Å². The smallest absolute Gasteiger partial charge is 0.319 e. The Kier molecular flexibility index (Phi) is 11.2. The van der Waals surface area contributed by atoms with Crippen molar-refractivity contribution in [3.05, 3.63) is 23.1 Å². The summed E-state index contributed by atoms with van der Waals surface area (Å²) < 4.78 is 10.9. The second-order valence-corrected chi connectivity index (χ2v) is 12.9. The molecule has 0 aromatic carbocycles. The van der Waals surface area contributed by atoms with Gasteiger partial charge in [0.1, 0.15) is 11.9 Å². The molecular weight excluding hydrogens is 500 g/mol. The van der Waals surface area contributed by atoms with Gasteiger partial charge < -0.3 is 19.7 Å². The molecule has 4 rings (SSSR count). The Morgan fingerprint density at radius 1 is 1.39 bits per heavy atom. The van der Waals surface area contributed by atoms with Crippen LogP contribution in [0.25, 0.3) is 0 Å². The largest absolute Gasteiger partial charge is 0.463 e. The number of nitrogens with zero attached hydrogens (tertiary/aromatic N) is 2. The third kappa shape index (κ3) is 7.42. The number of carbonyl (C=O) groups excluding carboxylic acids is 1. The summed E-state index contributed by atoms with van der Waals surface area (Å²) in [6.07, 6.45) is 14.4. The Morgan fingerprint density at radius 2 is 2.18 bits per heavy atom. The number of allylic oxidation sites excluding steroid dienone is 2. The van der Waals surface area contributed by atoms with Gasteiger partial charge in [0.2, 0.25) is 0 Å². The fraction of sp³-hybridized carbons (Fsp3) is 0.800. The zero-order valence-corrected chi connectivity index (χ0v) is 23.7. The lowest BCUT2D eigenvalue weighted by Crippen LogP contribution is -2.40. The van der Waals surface area contributed by atoms with Crippen LogP contribution in [0.4, 0.5) is 0 Å². The molecule has 0 amide bonds. The zero-order valence-electron chi connectivity index (χ0n) is 22.9. The fourth-order valence-electron chi connectivity index (χ4n) is 6.65. The molecule has 0 aromatic rings. The van der Waals surface area contributed by atoms with Crippen molar-refractivity contribution in [3.8, 4) is 6.07 Å². The van der Waals surface area contributed by atoms with Crippen molar-refractivity contribution in [2.45, 2.75) is 88.6 Å². The Morgan fingerprint density at radius 3 is 2.87 bits per heavy atom. The third-order valence-electron chi connectivity index (χ3n) is 9.43. The van der Waals surface area contributed by atoms with Gasteiger partial charge in [-0.15, -0.1) is 11.8 Å². The molecule has 2 heterocycles. The van der Waals surface area contributed by atoms with Crippen LogP contribution >= 0.6 is 11.8 Å². The molecule has 4 aliphatic rings. The van der Waals surface area contributed by atoms with E-state index in [1.54, 1.807) is 11.8 Å². The molecule has 4 unspecified atom stereocenters. The maximum absolute atomic E-state index is 12.5. The molecule has 6 atom stereocenters. The van der Waals surface area contributed by atoms with Gasteiger partial charge in [-0.3, -0.25) is 9.69 Å². The van der Waals surface area contributed by atoms with Crippen LogP contribution < -0.4 is 0 Å². The Balaban J connectivity index is 1.18. The summed E-state index contributed by atoms with van der Waals surface area (Å²) in [7, 11) is 0. The Labute approximate surface area is 232 Å². The van der Waals surface area contributed by atoms with Gasteiger partial charge in [-0.05, 0) is 74.0 Å². The van der Waals surface area contributed by atoms with Crippen molar-refractivity contribution in [1.82, 2.24) is 4.90 Å². The van der Waals surface area contributed by atoms with Gasteiger partial charge in [0.05, 0.1) is 37.4 Å². The highest BCUT2D eigenvalue weighted by atomic mass is 32.2. The highest BCUT2D eigenvalue weighted by Crippen LogP contribution is 2.48. The highest BCUT2D eigenvalue weighted by molar-refractivity contribution is 8.04. The van der Waals surface area contributed by atoms with Crippen LogP contribution in [0.15, 0.2) is 23.1 Å². The number of thioether (sulfide) groups is 1. The predicted molar refractivity (Wildman–Crippen MR) is 149 cm³/mol. The number of aliphatic hydroxyl groups is 2. The van der Waals surface area contributed by atoms with E-state index in [1.807, 2.05) is 6.08 Å². The van der Waals surface area contributed by atoms with Crippen LogP contribution in [-0.2, 0) is 14.3 Å². The number of esters is 1. The summed E-state index contributed by atoms with van der Waals surface area (Å²) in [4.78, 5) is 16.0. The molecule has 0 bridgehead atoms. The Bertz CT molecular complexity index is 871. The lowest BCUT2D eigenvalue weighted by Gasteiger charge is -2.45. The fourth-order valence-corrected chi connectivity index (χ4v) is 7.83. The minimum absolute atomic E-state index is 0.0368. The molecule has 2 N–H and O–H groups in total. The van der Waals surface area contributed by atoms with Gasteiger partial charge in [0, 0.05) is 25.6 Å². The summed E-state index contributed by atoms with van der Waals surface area (Å²) in [5.74, 6) is -0.180. The van der Waals surface area contributed by atoms with Crippen molar-refractivity contribution < 1.29 is 24.5 Å². The van der Waals surface area contributed by atoms with Crippen LogP contribution in [0.2, 0.25) is 0 Å². The molecular formula is C30H46N2O5S. The number of carbonyl (C=O) groups is 1. The first kappa shape index (κ1) is 29.6. The molecule has 1 saturated heterocycles. The van der Waals surface area contributed by atoms with E-state index in [1.165, 1.54) is 11.3 Å². The first-order chi connectivity index (χ1) is 18.5. The molecule has 7 nitrogen and oxygen atoms in total. The maximum atomic E-state index is 12.5. The predicted octanol–water partition coefficient (Wildman–Crippen LogP) is 4.45. The maximum Gasteiger partial charge on any atom is 0.319 e. The van der Waals surface area contributed by atoms with E-state index in [9.17, 15) is 20.3 Å². The van der Waals surface area contributed by atoms with Gasteiger partial charge in [0.25, 0.3) is 0 Å². The standard InChI is InChI=1S/C30H46N2O5S/c1-2-30(12-5-13-30)28(34)9-4-8-25-24(22(21-31)20-26(25)33)7-3-6-23-10-11-27(38-23)29(35)37-19-16-32-14-17-36-18-15-32/h4,8,10,22,24-28,33-34H,2-3,5-7,9,11-20H2,1H3/b8-4+/t22?,24-,25?,26+,27?,28?/m0/s1. The molecule has 2 saturated carbocycles. The molecule has 2 aliphatic carbocycles. The highest BCUT2D eigenvalue weighted by Gasteiger charge is 2.42. The van der Waals surface area contributed by atoms with Gasteiger partial charge in [0.15, 0.2) is 0 Å². The van der Waals surface area contributed by atoms with Gasteiger partial charge >= 0.3 is 5.97 Å². The Hall–Kier alpha value is -1.37. The number of nitriles is 1. The van der Waals surface area contributed by atoms with Crippen LogP contribution in [-0.4, -0.2) is 78.0 Å². The number of aliphatic hydroxyl groups excluding tert-OH is 2. The summed E-state index contributed by atoms with van der Waals surface area (Å²) >= 11 is 1.62. The van der Waals surface area contributed by atoms with Crippen molar-refractivity contribution in [2.75, 3.05) is 39.5 Å². The molecule has 0 aromatic heterocycles. The first-order valence-electron chi connectivity index (χ1n) is 14.7. The van der Waals surface area contributed by atoms with Crippen molar-refractivity contribution in [2.24, 2.45) is 23.2 Å². The number of ether oxygens (including phenoxy) is 2. The van der Waals surface area contributed by atoms with E-state index in [-0.39, 0.29) is 40.5 Å². The molecule has 0 spiro atoms. The minimum Gasteiger partial charge on any atom is -0.463 e. The van der Waals surface area contributed by atoms with Crippen LogP contribution in [0, 0.1) is 34.5 Å². The van der Waals surface area contributed by atoms with Gasteiger partial charge in [-0.25, -0.2) is 0 Å². The average Bonchev–Trinajstić information content (AvgIpc) is 3.49. The lowest BCUT2D eigenvalue weighted by molar-refractivity contribution is -0.143. The third-order valence-corrected chi connectivity index (χ3v) is 10.8. The summed E-state index contributed by atoms with van der Waals surface area (Å²) in [5.41, 5.74) is 0.0763. The number of morpholine rings is 1. The monoisotopic (exact) mass is 546 g/mol. The van der Waals surface area contributed by atoms with E-state index in [4.69, 9.17) is 9.47 Å².